The van der Waals surface area contributed by atoms with Crippen molar-refractivity contribution in [2.45, 2.75) is 35.6 Å². The molecule has 0 atom stereocenters. The molecule has 1 amide bonds. The van der Waals surface area contributed by atoms with Gasteiger partial charge in [0.05, 0.1) is 0 Å². The average molecular weight is 146 g/mol. The molecule has 0 aliphatic rings. The second-order valence-corrected chi connectivity index (χ2v) is 1.03. The van der Waals surface area contributed by atoms with E-state index in [9.17, 15) is 4.79 Å². The summed E-state index contributed by atoms with van der Waals surface area (Å²) in [5, 5.41) is 2.48. The first-order valence-electron chi connectivity index (χ1n) is 2.01. The molecule has 2 nitrogen and oxygen atoms in total. The zero-order valence-corrected chi connectivity index (χ0v) is 4.69. The van der Waals surface area contributed by atoms with Gasteiger partial charge in [-0.1, -0.05) is 29.2 Å². The predicted octanol–water partition coefficient (Wildman–Crippen LogP) is 1.67. The molecule has 0 aromatic heterocycles. The maximum absolute atomic E-state index is 10.1. The van der Waals surface area contributed by atoms with Crippen molar-refractivity contribution in [3.8, 4) is 0 Å². The van der Waals surface area contributed by atoms with Crippen LogP contribution in [0.3, 0.4) is 0 Å². The molecule has 0 fully saturated rings. The number of carbonyl (C=O) groups is 1. The molecule has 3 radical (unpaired) electrons. The molecule has 63 valence electrons. The molecule has 1 N–H and O–H groups in total. The summed E-state index contributed by atoms with van der Waals surface area (Å²) in [6, 6.07) is 0. The Bertz CT molecular complexity index is 51.6. The van der Waals surface area contributed by atoms with E-state index >= 15 is 0 Å². The Hall–Kier alpha value is -0.465. The van der Waals surface area contributed by atoms with E-state index in [-0.39, 0.29) is 36.6 Å². The van der Waals surface area contributed by atoms with E-state index in [4.69, 9.17) is 0 Å². The lowest BCUT2D eigenvalue weighted by Gasteiger charge is -1.87. The predicted molar refractivity (Wildman–Crippen MR) is 50.3 cm³/mol. The van der Waals surface area contributed by atoms with Crippen LogP contribution in [-0.4, -0.2) is 21.4 Å². The lowest BCUT2D eigenvalue weighted by Crippen LogP contribution is -2.15. The van der Waals surface area contributed by atoms with Gasteiger partial charge < -0.3 is 5.32 Å². The van der Waals surface area contributed by atoms with E-state index in [0.717, 1.165) is 0 Å². The second kappa shape index (κ2) is 23.6. The summed E-state index contributed by atoms with van der Waals surface area (Å²) in [7, 11) is 1.63. The SMILES string of the molecule is C.C.C.CCC(=O)NC.[B]. The summed E-state index contributed by atoms with van der Waals surface area (Å²) < 4.78 is 0. The summed E-state index contributed by atoms with van der Waals surface area (Å²) in [6.45, 7) is 1.82. The fourth-order valence-corrected chi connectivity index (χ4v) is 0.177. The highest BCUT2D eigenvalue weighted by molar-refractivity contribution is 5.75. The Morgan fingerprint density at radius 3 is 1.60 bits per heavy atom. The van der Waals surface area contributed by atoms with Gasteiger partial charge in [0.15, 0.2) is 0 Å². The quantitative estimate of drug-likeness (QED) is 0.560. The van der Waals surface area contributed by atoms with Crippen LogP contribution in [0.5, 0.6) is 0 Å². The summed E-state index contributed by atoms with van der Waals surface area (Å²) in [6.07, 6.45) is 0.580. The van der Waals surface area contributed by atoms with E-state index in [0.29, 0.717) is 6.42 Å². The third-order valence-corrected chi connectivity index (χ3v) is 0.600. The van der Waals surface area contributed by atoms with Crippen molar-refractivity contribution in [1.29, 1.82) is 0 Å². The van der Waals surface area contributed by atoms with E-state index in [1.165, 1.54) is 0 Å². The molecule has 0 aliphatic carbocycles. The zero-order chi connectivity index (χ0) is 4.99. The molecule has 0 saturated carbocycles. The minimum Gasteiger partial charge on any atom is -0.359 e. The summed E-state index contributed by atoms with van der Waals surface area (Å²) in [5.41, 5.74) is 0. The van der Waals surface area contributed by atoms with Crippen molar-refractivity contribution in [3.63, 3.8) is 0 Å². The number of nitrogens with one attached hydrogen (secondary N) is 1. The van der Waals surface area contributed by atoms with Crippen LogP contribution in [0.1, 0.15) is 35.6 Å². The Morgan fingerprint density at radius 1 is 1.30 bits per heavy atom. The van der Waals surface area contributed by atoms with Gasteiger partial charge in [-0.05, 0) is 0 Å². The van der Waals surface area contributed by atoms with Gasteiger partial charge in [0.2, 0.25) is 5.91 Å². The number of hydrogen-bond donors (Lipinski definition) is 1. The van der Waals surface area contributed by atoms with Crippen molar-refractivity contribution in [1.82, 2.24) is 5.32 Å². The highest BCUT2D eigenvalue weighted by Crippen LogP contribution is 1.68. The minimum atomic E-state index is 0. The molecular weight excluding hydrogens is 125 g/mol. The summed E-state index contributed by atoms with van der Waals surface area (Å²) in [5.74, 6) is 0.0926. The van der Waals surface area contributed by atoms with Crippen molar-refractivity contribution >= 4 is 14.3 Å². The number of hydrogen-bond acceptors (Lipinski definition) is 1. The van der Waals surface area contributed by atoms with Gasteiger partial charge in [0, 0.05) is 21.9 Å². The maximum atomic E-state index is 10.1. The van der Waals surface area contributed by atoms with Crippen LogP contribution in [0.25, 0.3) is 0 Å². The molecule has 0 aromatic rings. The highest BCUT2D eigenvalue weighted by Gasteiger charge is 1.84. The van der Waals surface area contributed by atoms with Crippen LogP contribution in [0.4, 0.5) is 0 Å². The Kier molecular flexibility index (Phi) is 79.6. The number of rotatable bonds is 1. The lowest BCUT2D eigenvalue weighted by molar-refractivity contribution is -0.120. The van der Waals surface area contributed by atoms with Gasteiger partial charge in [0.25, 0.3) is 0 Å². The highest BCUT2D eigenvalue weighted by atomic mass is 16.1. The average Bonchev–Trinajstić information content (AvgIpc) is 1.65. The van der Waals surface area contributed by atoms with E-state index < -0.39 is 0 Å². The van der Waals surface area contributed by atoms with Crippen LogP contribution < -0.4 is 5.32 Å². The van der Waals surface area contributed by atoms with Crippen LogP contribution in [0, 0.1) is 0 Å². The Morgan fingerprint density at radius 2 is 1.60 bits per heavy atom. The molecule has 3 heteroatoms. The molecule has 0 unspecified atom stereocenters. The smallest absolute Gasteiger partial charge is 0.219 e. The molecule has 0 rings (SSSR count). The topological polar surface area (TPSA) is 29.1 Å². The van der Waals surface area contributed by atoms with Gasteiger partial charge in [-0.25, -0.2) is 0 Å². The second-order valence-electron chi connectivity index (χ2n) is 1.03. The standard InChI is InChI=1S/C4H9NO.3CH4.B/c1-3-4(6)5-2;;;;/h3H2,1-2H3,(H,5,6);3*1H4;. The van der Waals surface area contributed by atoms with Crippen molar-refractivity contribution in [2.75, 3.05) is 7.05 Å². The summed E-state index contributed by atoms with van der Waals surface area (Å²) >= 11 is 0. The van der Waals surface area contributed by atoms with Gasteiger partial charge in [0.1, 0.15) is 0 Å². The number of amides is 1. The Labute approximate surface area is 68.0 Å². The molecule has 0 spiro atoms. The van der Waals surface area contributed by atoms with Crippen molar-refractivity contribution in [2.24, 2.45) is 0 Å². The van der Waals surface area contributed by atoms with Crippen LogP contribution in [0.2, 0.25) is 0 Å². The molecule has 0 saturated heterocycles. The van der Waals surface area contributed by atoms with Gasteiger partial charge in [-0.2, -0.15) is 0 Å². The van der Waals surface area contributed by atoms with E-state index in [1.807, 2.05) is 6.92 Å². The van der Waals surface area contributed by atoms with Crippen LogP contribution in [0.15, 0.2) is 0 Å². The van der Waals surface area contributed by atoms with Gasteiger partial charge in [-0.3, -0.25) is 4.79 Å². The summed E-state index contributed by atoms with van der Waals surface area (Å²) in [4.78, 5) is 10.1. The largest absolute Gasteiger partial charge is 0.359 e. The zero-order valence-electron chi connectivity index (χ0n) is 4.69. The van der Waals surface area contributed by atoms with Crippen molar-refractivity contribution < 1.29 is 4.79 Å². The normalized spacial score (nSPS) is 4.60. The van der Waals surface area contributed by atoms with Crippen molar-refractivity contribution in [3.05, 3.63) is 0 Å². The third kappa shape index (κ3) is 25.8. The molecular formula is C7H21BNO. The molecule has 0 aliphatic heterocycles. The molecule has 0 aromatic carbocycles. The first kappa shape index (κ1) is 33.8. The molecule has 0 heterocycles. The van der Waals surface area contributed by atoms with Crippen LogP contribution >= 0.6 is 0 Å². The monoisotopic (exact) mass is 146 g/mol. The fraction of sp³-hybridized carbons (Fsp3) is 0.857. The van der Waals surface area contributed by atoms with E-state index in [2.05, 4.69) is 5.32 Å². The maximum Gasteiger partial charge on any atom is 0.219 e. The van der Waals surface area contributed by atoms with E-state index in [1.54, 1.807) is 7.05 Å². The number of carbonyl (C=O) groups excluding carboxylic acids is 1. The first-order chi connectivity index (χ1) is 2.81. The molecule has 0 bridgehead atoms. The first-order valence-corrected chi connectivity index (χ1v) is 2.01. The van der Waals surface area contributed by atoms with Crippen LogP contribution in [-0.2, 0) is 4.79 Å². The van der Waals surface area contributed by atoms with Gasteiger partial charge >= 0.3 is 0 Å². The Balaban J connectivity index is -0.0000000208. The molecule has 10 heavy (non-hydrogen) atoms. The fourth-order valence-electron chi connectivity index (χ4n) is 0.177. The minimum absolute atomic E-state index is 0. The lowest BCUT2D eigenvalue weighted by atomic mass is 10.5. The van der Waals surface area contributed by atoms with Gasteiger partial charge in [-0.15, -0.1) is 0 Å². The third-order valence-electron chi connectivity index (χ3n) is 0.600.